The summed E-state index contributed by atoms with van der Waals surface area (Å²) >= 11 is 0. The van der Waals surface area contributed by atoms with Crippen LogP contribution in [0.2, 0.25) is 0 Å². The van der Waals surface area contributed by atoms with Crippen LogP contribution in [0.25, 0.3) is 0 Å². The number of nitrogens with two attached hydrogens (primary N) is 1. The molecule has 1 aromatic rings. The van der Waals surface area contributed by atoms with Crippen LogP contribution in [0.1, 0.15) is 24.8 Å². The molecule has 4 heteroatoms. The topological polar surface area (TPSA) is 55.6 Å². The molecule has 0 saturated carbocycles. The van der Waals surface area contributed by atoms with Gasteiger partial charge < -0.3 is 15.4 Å². The highest BCUT2D eigenvalue weighted by atomic mass is 16.5. The van der Waals surface area contributed by atoms with E-state index in [4.69, 9.17) is 10.5 Å². The molecule has 1 amide bonds. The van der Waals surface area contributed by atoms with Crippen LogP contribution in [0, 0.1) is 0 Å². The number of benzene rings is 1. The number of carbonyl (C=O) groups is 1. The lowest BCUT2D eigenvalue weighted by molar-refractivity contribution is -0.131. The Balaban J connectivity index is 2.02. The minimum atomic E-state index is -0.167. The molecule has 1 aromatic carbocycles. The third-order valence-corrected chi connectivity index (χ3v) is 3.29. The molecule has 1 aliphatic heterocycles. The number of hydrogen-bond acceptors (Lipinski definition) is 3. The Kier molecular flexibility index (Phi) is 3.87. The Morgan fingerprint density at radius 2 is 2.28 bits per heavy atom. The summed E-state index contributed by atoms with van der Waals surface area (Å²) in [6.07, 6.45) is 0.817. The van der Waals surface area contributed by atoms with Crippen LogP contribution in [0.4, 0.5) is 0 Å². The molecular weight excluding hydrogens is 228 g/mol. The fraction of sp³-hybridized carbons (Fsp3) is 0.500. The average Bonchev–Trinajstić information content (AvgIpc) is 2.78. The van der Waals surface area contributed by atoms with Gasteiger partial charge >= 0.3 is 0 Å². The standard InChI is InChI=1S/C14H20N2O2/c1-10(15)7-8-16(2)14(17)12-9-18-13-6-4-3-5-11(12)13/h3-6,10,12H,7-9,15H2,1-2H3. The molecule has 18 heavy (non-hydrogen) atoms. The number of likely N-dealkylation sites (N-methyl/N-ethyl adjacent to an activating group) is 1. The molecule has 0 radical (unpaired) electrons. The number of nitrogens with zero attached hydrogens (tertiary/aromatic N) is 1. The number of para-hydroxylation sites is 1. The Hall–Kier alpha value is -1.55. The van der Waals surface area contributed by atoms with Gasteiger partial charge in [-0.3, -0.25) is 4.79 Å². The van der Waals surface area contributed by atoms with Crippen molar-refractivity contribution in [1.82, 2.24) is 4.90 Å². The van der Waals surface area contributed by atoms with E-state index in [-0.39, 0.29) is 17.9 Å². The molecule has 2 N–H and O–H groups in total. The van der Waals surface area contributed by atoms with Gasteiger partial charge in [-0.25, -0.2) is 0 Å². The van der Waals surface area contributed by atoms with E-state index < -0.39 is 0 Å². The largest absolute Gasteiger partial charge is 0.492 e. The predicted octanol–water partition coefficient (Wildman–Crippen LogP) is 1.36. The predicted molar refractivity (Wildman–Crippen MR) is 70.6 cm³/mol. The third kappa shape index (κ3) is 2.64. The molecule has 2 rings (SSSR count). The Morgan fingerprint density at radius 3 is 3.00 bits per heavy atom. The molecule has 2 atom stereocenters. The molecule has 4 nitrogen and oxygen atoms in total. The zero-order valence-corrected chi connectivity index (χ0v) is 10.9. The van der Waals surface area contributed by atoms with Gasteiger partial charge in [-0.05, 0) is 19.4 Å². The van der Waals surface area contributed by atoms with Crippen molar-refractivity contribution in [3.63, 3.8) is 0 Å². The molecule has 1 heterocycles. The molecule has 0 bridgehead atoms. The van der Waals surface area contributed by atoms with Crippen molar-refractivity contribution >= 4 is 5.91 Å². The summed E-state index contributed by atoms with van der Waals surface area (Å²) in [5.41, 5.74) is 6.70. The van der Waals surface area contributed by atoms with Crippen LogP contribution >= 0.6 is 0 Å². The maximum Gasteiger partial charge on any atom is 0.233 e. The highest BCUT2D eigenvalue weighted by molar-refractivity contribution is 5.85. The highest BCUT2D eigenvalue weighted by Crippen LogP contribution is 2.34. The number of hydrogen-bond donors (Lipinski definition) is 1. The lowest BCUT2D eigenvalue weighted by Gasteiger charge is -2.21. The number of amides is 1. The van der Waals surface area contributed by atoms with Gasteiger partial charge in [0.15, 0.2) is 0 Å². The summed E-state index contributed by atoms with van der Waals surface area (Å²) in [6.45, 7) is 3.09. The van der Waals surface area contributed by atoms with E-state index in [0.717, 1.165) is 17.7 Å². The normalized spacial score (nSPS) is 18.9. The summed E-state index contributed by atoms with van der Waals surface area (Å²) in [7, 11) is 1.83. The van der Waals surface area contributed by atoms with Crippen LogP contribution in [0.3, 0.4) is 0 Å². The smallest absolute Gasteiger partial charge is 0.233 e. The first-order chi connectivity index (χ1) is 8.59. The zero-order chi connectivity index (χ0) is 13.1. The van der Waals surface area contributed by atoms with Gasteiger partial charge in [-0.15, -0.1) is 0 Å². The first-order valence-corrected chi connectivity index (χ1v) is 6.32. The van der Waals surface area contributed by atoms with E-state index in [9.17, 15) is 4.79 Å². The Morgan fingerprint density at radius 1 is 1.56 bits per heavy atom. The quantitative estimate of drug-likeness (QED) is 0.875. The van der Waals surface area contributed by atoms with Crippen LogP contribution in [0.5, 0.6) is 5.75 Å². The second kappa shape index (κ2) is 5.40. The molecule has 0 spiro atoms. The van der Waals surface area contributed by atoms with Crippen molar-refractivity contribution in [2.45, 2.75) is 25.3 Å². The fourth-order valence-electron chi connectivity index (χ4n) is 2.14. The van der Waals surface area contributed by atoms with E-state index >= 15 is 0 Å². The fourth-order valence-corrected chi connectivity index (χ4v) is 2.14. The van der Waals surface area contributed by atoms with E-state index in [0.29, 0.717) is 13.2 Å². The van der Waals surface area contributed by atoms with Crippen molar-refractivity contribution in [3.8, 4) is 5.75 Å². The average molecular weight is 248 g/mol. The molecular formula is C14H20N2O2. The molecule has 0 aromatic heterocycles. The van der Waals surface area contributed by atoms with Crippen molar-refractivity contribution < 1.29 is 9.53 Å². The van der Waals surface area contributed by atoms with Gasteiger partial charge in [0.25, 0.3) is 0 Å². The molecule has 1 aliphatic rings. The van der Waals surface area contributed by atoms with Crippen LogP contribution in [-0.2, 0) is 4.79 Å². The number of carbonyl (C=O) groups excluding carboxylic acids is 1. The number of rotatable bonds is 4. The molecule has 2 unspecified atom stereocenters. The lowest BCUT2D eigenvalue weighted by atomic mass is 10.00. The molecule has 98 valence electrons. The van der Waals surface area contributed by atoms with Crippen LogP contribution in [0.15, 0.2) is 24.3 Å². The van der Waals surface area contributed by atoms with Gasteiger partial charge in [-0.2, -0.15) is 0 Å². The second-order valence-electron chi connectivity index (χ2n) is 4.93. The second-order valence-corrected chi connectivity index (χ2v) is 4.93. The first-order valence-electron chi connectivity index (χ1n) is 6.32. The minimum absolute atomic E-state index is 0.112. The van der Waals surface area contributed by atoms with E-state index in [1.807, 2.05) is 38.2 Å². The summed E-state index contributed by atoms with van der Waals surface area (Å²) in [5, 5.41) is 0. The van der Waals surface area contributed by atoms with Crippen molar-refractivity contribution in [3.05, 3.63) is 29.8 Å². The third-order valence-electron chi connectivity index (χ3n) is 3.29. The maximum atomic E-state index is 12.3. The summed E-state index contributed by atoms with van der Waals surface area (Å²) < 4.78 is 5.54. The van der Waals surface area contributed by atoms with Crippen molar-refractivity contribution in [1.29, 1.82) is 0 Å². The molecule has 0 fully saturated rings. The van der Waals surface area contributed by atoms with E-state index in [1.165, 1.54) is 0 Å². The van der Waals surface area contributed by atoms with Crippen LogP contribution < -0.4 is 10.5 Å². The number of ether oxygens (including phenoxy) is 1. The first kappa shape index (κ1) is 12.9. The highest BCUT2D eigenvalue weighted by Gasteiger charge is 2.31. The minimum Gasteiger partial charge on any atom is -0.492 e. The van der Waals surface area contributed by atoms with Crippen molar-refractivity contribution in [2.75, 3.05) is 20.2 Å². The van der Waals surface area contributed by atoms with Gasteiger partial charge in [0.1, 0.15) is 18.3 Å². The molecule has 0 saturated heterocycles. The van der Waals surface area contributed by atoms with E-state index in [1.54, 1.807) is 4.90 Å². The monoisotopic (exact) mass is 248 g/mol. The summed E-state index contributed by atoms with van der Waals surface area (Å²) in [4.78, 5) is 14.1. The summed E-state index contributed by atoms with van der Waals surface area (Å²) in [6, 6.07) is 7.85. The van der Waals surface area contributed by atoms with Crippen LogP contribution in [-0.4, -0.2) is 37.0 Å². The lowest BCUT2D eigenvalue weighted by Crippen LogP contribution is -2.35. The number of fused-ring (bicyclic) bond motifs is 1. The summed E-state index contributed by atoms with van der Waals surface area (Å²) in [5.74, 6) is 0.774. The van der Waals surface area contributed by atoms with Gasteiger partial charge in [0.05, 0.1) is 0 Å². The maximum absolute atomic E-state index is 12.3. The van der Waals surface area contributed by atoms with Crippen molar-refractivity contribution in [2.24, 2.45) is 5.73 Å². The Bertz CT molecular complexity index is 432. The van der Waals surface area contributed by atoms with Gasteiger partial charge in [-0.1, -0.05) is 18.2 Å². The zero-order valence-electron chi connectivity index (χ0n) is 10.9. The van der Waals surface area contributed by atoms with E-state index in [2.05, 4.69) is 0 Å². The van der Waals surface area contributed by atoms with Gasteiger partial charge in [0.2, 0.25) is 5.91 Å². The van der Waals surface area contributed by atoms with Gasteiger partial charge in [0, 0.05) is 25.2 Å². The SMILES string of the molecule is CC(N)CCN(C)C(=O)C1COc2ccccc21. The Labute approximate surface area is 108 Å². The molecule has 0 aliphatic carbocycles.